The van der Waals surface area contributed by atoms with Gasteiger partial charge in [-0.05, 0) is 39.5 Å². The van der Waals surface area contributed by atoms with Gasteiger partial charge in [0.2, 0.25) is 0 Å². The molecule has 0 amide bonds. The lowest BCUT2D eigenvalue weighted by molar-refractivity contribution is 0.836. The predicted octanol–water partition coefficient (Wildman–Crippen LogP) is 8.25. The van der Waals surface area contributed by atoms with Crippen molar-refractivity contribution in [1.82, 2.24) is 0 Å². The average Bonchev–Trinajstić information content (AvgIpc) is 3.28. The molecule has 29 heavy (non-hydrogen) atoms. The van der Waals surface area contributed by atoms with E-state index < -0.39 is 0 Å². The van der Waals surface area contributed by atoms with Crippen LogP contribution in [0.25, 0.3) is 22.3 Å². The summed E-state index contributed by atoms with van der Waals surface area (Å²) in [7, 11) is 0. The van der Waals surface area contributed by atoms with Gasteiger partial charge in [0.25, 0.3) is 0 Å². The van der Waals surface area contributed by atoms with E-state index in [1.165, 1.54) is 39.1 Å². The molecule has 0 atom stereocenters. The molecule has 0 radical (unpaired) electrons. The van der Waals surface area contributed by atoms with Gasteiger partial charge in [-0.2, -0.15) is 0 Å². The molecule has 148 valence electrons. The minimum Gasteiger partial charge on any atom is -0.336 e. The predicted molar refractivity (Wildman–Crippen MR) is 130 cm³/mol. The Bertz CT molecular complexity index is 934. The van der Waals surface area contributed by atoms with Crippen LogP contribution in [0.15, 0.2) is 78.3 Å². The lowest BCUT2D eigenvalue weighted by Gasteiger charge is -2.30. The van der Waals surface area contributed by atoms with Gasteiger partial charge in [0, 0.05) is 17.3 Å². The molecule has 3 aromatic carbocycles. The minimum atomic E-state index is 0.450. The lowest BCUT2D eigenvalue weighted by Crippen LogP contribution is -2.16. The van der Waals surface area contributed by atoms with Crippen molar-refractivity contribution in [2.75, 3.05) is 10.8 Å². The molecule has 1 heterocycles. The molecule has 0 spiro atoms. The van der Waals surface area contributed by atoms with Gasteiger partial charge in [-0.15, -0.1) is 11.8 Å². The molecule has 0 N–H and O–H groups in total. The van der Waals surface area contributed by atoms with E-state index in [2.05, 4.69) is 111 Å². The molecule has 1 aliphatic rings. The molecule has 0 aromatic heterocycles. The third kappa shape index (κ3) is 3.86. The Hall–Kier alpha value is -2.45. The highest BCUT2D eigenvalue weighted by Crippen LogP contribution is 2.49. The first-order chi connectivity index (χ1) is 14.1. The van der Waals surface area contributed by atoms with Crippen LogP contribution in [0.1, 0.15) is 50.7 Å². The van der Waals surface area contributed by atoms with Crippen LogP contribution in [0, 0.1) is 0 Å². The van der Waals surface area contributed by atoms with Crippen molar-refractivity contribution in [3.05, 3.63) is 89.5 Å². The van der Waals surface area contributed by atoms with Crippen LogP contribution in [-0.2, 0) is 0 Å². The van der Waals surface area contributed by atoms with Crippen LogP contribution in [0.4, 0.5) is 5.69 Å². The van der Waals surface area contributed by atoms with Crippen molar-refractivity contribution in [3.63, 3.8) is 0 Å². The molecular weight excluding hydrogens is 370 g/mol. The minimum absolute atomic E-state index is 0.450. The van der Waals surface area contributed by atoms with E-state index in [1.54, 1.807) is 0 Å². The van der Waals surface area contributed by atoms with Crippen LogP contribution in [-0.4, -0.2) is 5.88 Å². The van der Waals surface area contributed by atoms with Crippen LogP contribution in [0.2, 0.25) is 0 Å². The zero-order chi connectivity index (χ0) is 20.4. The van der Waals surface area contributed by atoms with Crippen LogP contribution >= 0.6 is 11.8 Å². The zero-order valence-corrected chi connectivity index (χ0v) is 18.5. The van der Waals surface area contributed by atoms with Crippen molar-refractivity contribution in [1.29, 1.82) is 0 Å². The second-order valence-corrected chi connectivity index (χ2v) is 9.11. The smallest absolute Gasteiger partial charge is 0.0724 e. The standard InChI is InChI=1S/C27H29NS/c1-19(2)23-17-24(20(3)4)26(22-13-9-6-10-14-22)27(28-15-16-29-18-28)25(23)21-11-7-5-8-12-21/h5-17,19-20H,18H2,1-4H3. The number of hydrogen-bond donors (Lipinski definition) is 0. The Labute approximate surface area is 179 Å². The van der Waals surface area contributed by atoms with Gasteiger partial charge in [-0.1, -0.05) is 94.4 Å². The maximum Gasteiger partial charge on any atom is 0.0724 e. The van der Waals surface area contributed by atoms with E-state index in [4.69, 9.17) is 0 Å². The van der Waals surface area contributed by atoms with Gasteiger partial charge >= 0.3 is 0 Å². The summed E-state index contributed by atoms with van der Waals surface area (Å²) in [5, 5.41) is 2.21. The number of rotatable bonds is 5. The van der Waals surface area contributed by atoms with Crippen LogP contribution in [0.5, 0.6) is 0 Å². The summed E-state index contributed by atoms with van der Waals surface area (Å²) in [5.41, 5.74) is 9.54. The lowest BCUT2D eigenvalue weighted by atomic mass is 9.81. The number of anilines is 1. The summed E-state index contributed by atoms with van der Waals surface area (Å²) in [6.07, 6.45) is 2.24. The summed E-state index contributed by atoms with van der Waals surface area (Å²) < 4.78 is 0. The molecule has 0 aliphatic carbocycles. The van der Waals surface area contributed by atoms with Crippen molar-refractivity contribution in [2.24, 2.45) is 0 Å². The number of nitrogens with zero attached hydrogens (tertiary/aromatic N) is 1. The molecule has 0 saturated carbocycles. The fourth-order valence-corrected chi connectivity index (χ4v) is 4.84. The Morgan fingerprint density at radius 3 is 1.59 bits per heavy atom. The first-order valence-electron chi connectivity index (χ1n) is 10.4. The fraction of sp³-hybridized carbons (Fsp3) is 0.259. The largest absolute Gasteiger partial charge is 0.336 e. The molecule has 4 rings (SSSR count). The van der Waals surface area contributed by atoms with Crippen molar-refractivity contribution < 1.29 is 0 Å². The van der Waals surface area contributed by atoms with Gasteiger partial charge < -0.3 is 4.90 Å². The SMILES string of the molecule is CC(C)c1cc(C(C)C)c(-c2ccccc2)c(N2C=CSC2)c1-c1ccccc1. The maximum atomic E-state index is 2.47. The topological polar surface area (TPSA) is 3.24 Å². The number of hydrogen-bond acceptors (Lipinski definition) is 2. The fourth-order valence-electron chi connectivity index (χ4n) is 4.15. The van der Waals surface area contributed by atoms with E-state index in [9.17, 15) is 0 Å². The van der Waals surface area contributed by atoms with E-state index in [1.807, 2.05) is 11.8 Å². The Morgan fingerprint density at radius 2 is 1.21 bits per heavy atom. The third-order valence-electron chi connectivity index (χ3n) is 5.57. The van der Waals surface area contributed by atoms with E-state index >= 15 is 0 Å². The molecule has 0 bridgehead atoms. The first kappa shape index (κ1) is 19.8. The van der Waals surface area contributed by atoms with Crippen LogP contribution in [0.3, 0.4) is 0 Å². The maximum absolute atomic E-state index is 2.47. The number of benzene rings is 3. The van der Waals surface area contributed by atoms with Crippen molar-refractivity contribution in [2.45, 2.75) is 39.5 Å². The number of thioether (sulfide) groups is 1. The van der Waals surface area contributed by atoms with Crippen molar-refractivity contribution in [3.8, 4) is 22.3 Å². The highest BCUT2D eigenvalue weighted by Gasteiger charge is 2.26. The Morgan fingerprint density at radius 1 is 0.724 bits per heavy atom. The first-order valence-corrected chi connectivity index (χ1v) is 11.5. The third-order valence-corrected chi connectivity index (χ3v) is 6.31. The normalized spacial score (nSPS) is 13.7. The van der Waals surface area contributed by atoms with Crippen molar-refractivity contribution >= 4 is 17.4 Å². The Balaban J connectivity index is 2.15. The monoisotopic (exact) mass is 399 g/mol. The van der Waals surface area contributed by atoms with Gasteiger partial charge in [0.15, 0.2) is 0 Å². The summed E-state index contributed by atoms with van der Waals surface area (Å²) in [4.78, 5) is 2.44. The summed E-state index contributed by atoms with van der Waals surface area (Å²) in [6.45, 7) is 9.25. The molecular formula is C27H29NS. The highest BCUT2D eigenvalue weighted by atomic mass is 32.2. The second kappa shape index (κ2) is 8.51. The Kier molecular flexibility index (Phi) is 5.82. The van der Waals surface area contributed by atoms with E-state index in [0.717, 1.165) is 5.88 Å². The van der Waals surface area contributed by atoms with Crippen LogP contribution < -0.4 is 4.90 Å². The molecule has 0 unspecified atom stereocenters. The summed E-state index contributed by atoms with van der Waals surface area (Å²) >= 11 is 1.86. The molecule has 1 aliphatic heterocycles. The van der Waals surface area contributed by atoms with Gasteiger partial charge in [0.1, 0.15) is 0 Å². The van der Waals surface area contributed by atoms with E-state index in [0.29, 0.717) is 11.8 Å². The molecule has 3 aromatic rings. The quantitative estimate of drug-likeness (QED) is 0.425. The molecule has 2 heteroatoms. The highest BCUT2D eigenvalue weighted by molar-refractivity contribution is 8.02. The second-order valence-electron chi connectivity index (χ2n) is 8.25. The van der Waals surface area contributed by atoms with Gasteiger partial charge in [-0.3, -0.25) is 0 Å². The van der Waals surface area contributed by atoms with E-state index in [-0.39, 0.29) is 0 Å². The molecule has 1 nitrogen and oxygen atoms in total. The summed E-state index contributed by atoms with van der Waals surface area (Å²) in [6, 6.07) is 24.3. The molecule has 0 fully saturated rings. The average molecular weight is 400 g/mol. The molecule has 0 saturated heterocycles. The zero-order valence-electron chi connectivity index (χ0n) is 17.7. The van der Waals surface area contributed by atoms with Gasteiger partial charge in [0.05, 0.1) is 11.6 Å². The van der Waals surface area contributed by atoms with Gasteiger partial charge in [-0.25, -0.2) is 0 Å². The summed E-state index contributed by atoms with van der Waals surface area (Å²) in [5.74, 6) is 1.86.